The molecule has 25 heavy (non-hydrogen) atoms. The zero-order valence-corrected chi connectivity index (χ0v) is 16.2. The largest absolute Gasteiger partial charge is 0.304 e. The van der Waals surface area contributed by atoms with Gasteiger partial charge in [-0.1, -0.05) is 36.7 Å². The minimum Gasteiger partial charge on any atom is -0.304 e. The number of nitrogens with zero attached hydrogens (tertiary/aromatic N) is 6. The smallest absolute Gasteiger partial charge is 0.173 e. The summed E-state index contributed by atoms with van der Waals surface area (Å²) in [5.41, 5.74) is 0.918. The van der Waals surface area contributed by atoms with Crippen LogP contribution in [0.4, 0.5) is 0 Å². The Kier molecular flexibility index (Phi) is 5.41. The lowest BCUT2D eigenvalue weighted by Crippen LogP contribution is -2.47. The lowest BCUT2D eigenvalue weighted by atomic mass is 9.99. The van der Waals surface area contributed by atoms with E-state index in [1.54, 1.807) is 0 Å². The van der Waals surface area contributed by atoms with Gasteiger partial charge in [-0.15, -0.1) is 5.10 Å². The molecule has 0 saturated carbocycles. The van der Waals surface area contributed by atoms with Crippen molar-refractivity contribution in [2.45, 2.75) is 38.8 Å². The van der Waals surface area contributed by atoms with Crippen LogP contribution in [0.15, 0.2) is 24.3 Å². The fraction of sp³-hybridized carbons (Fsp3) is 0.611. The molecule has 0 radical (unpaired) electrons. The third kappa shape index (κ3) is 3.71. The molecule has 1 unspecified atom stereocenters. The van der Waals surface area contributed by atoms with E-state index in [-0.39, 0.29) is 11.6 Å². The molecule has 2 aromatic rings. The fourth-order valence-electron chi connectivity index (χ4n) is 3.22. The summed E-state index contributed by atoms with van der Waals surface area (Å²) in [4.78, 5) is 4.79. The molecule has 0 spiro atoms. The Morgan fingerprint density at radius 3 is 2.48 bits per heavy atom. The van der Waals surface area contributed by atoms with Gasteiger partial charge in [-0.3, -0.25) is 4.90 Å². The summed E-state index contributed by atoms with van der Waals surface area (Å²) < 4.78 is 1.97. The van der Waals surface area contributed by atoms with E-state index in [9.17, 15) is 0 Å². The maximum atomic E-state index is 6.57. The minimum absolute atomic E-state index is 0.0387. The molecule has 1 atom stereocenters. The van der Waals surface area contributed by atoms with E-state index < -0.39 is 0 Å². The highest BCUT2D eigenvalue weighted by atomic mass is 35.5. The number of piperazine rings is 1. The molecule has 6 nitrogen and oxygen atoms in total. The average Bonchev–Trinajstić information content (AvgIpc) is 3.09. The molecule has 0 bridgehead atoms. The van der Waals surface area contributed by atoms with E-state index in [1.807, 2.05) is 22.9 Å². The quantitative estimate of drug-likeness (QED) is 0.818. The van der Waals surface area contributed by atoms with Gasteiger partial charge in [0.2, 0.25) is 0 Å². The molecular formula is C18H27ClN6. The van der Waals surface area contributed by atoms with Gasteiger partial charge < -0.3 is 4.90 Å². The first-order chi connectivity index (χ1) is 11.9. The first kappa shape index (κ1) is 18.3. The molecule has 1 saturated heterocycles. The standard InChI is InChI=1S/C18H27ClN6/c1-5-18(2,3)25-17(20-21-22-25)16(14-8-6-7-9-15(14)19)24-12-10-23(4)11-13-24/h6-9,16H,5,10-13H2,1-4H3. The first-order valence-electron chi connectivity index (χ1n) is 8.90. The van der Waals surface area contributed by atoms with E-state index in [4.69, 9.17) is 11.6 Å². The second-order valence-electron chi connectivity index (χ2n) is 7.38. The van der Waals surface area contributed by atoms with Crippen molar-refractivity contribution in [3.8, 4) is 0 Å². The summed E-state index contributed by atoms with van der Waals surface area (Å²) in [5.74, 6) is 0.865. The van der Waals surface area contributed by atoms with Crippen LogP contribution in [-0.2, 0) is 5.54 Å². The van der Waals surface area contributed by atoms with E-state index in [0.717, 1.165) is 49.0 Å². The van der Waals surface area contributed by atoms with Crippen LogP contribution in [0.1, 0.15) is 44.6 Å². The zero-order chi connectivity index (χ0) is 18.0. The number of rotatable bonds is 5. The number of aromatic nitrogens is 4. The Morgan fingerprint density at radius 2 is 1.84 bits per heavy atom. The number of halogens is 1. The molecule has 1 aliphatic heterocycles. The maximum absolute atomic E-state index is 6.57. The highest BCUT2D eigenvalue weighted by Gasteiger charge is 2.34. The van der Waals surface area contributed by atoms with Crippen molar-refractivity contribution in [2.75, 3.05) is 33.2 Å². The van der Waals surface area contributed by atoms with Crippen LogP contribution >= 0.6 is 11.6 Å². The van der Waals surface area contributed by atoms with E-state index >= 15 is 0 Å². The van der Waals surface area contributed by atoms with Crippen molar-refractivity contribution >= 4 is 11.6 Å². The number of benzene rings is 1. The molecule has 1 aromatic heterocycles. The average molecular weight is 363 g/mol. The molecule has 1 aliphatic rings. The molecule has 136 valence electrons. The number of hydrogen-bond acceptors (Lipinski definition) is 5. The van der Waals surface area contributed by atoms with Gasteiger partial charge in [-0.25, -0.2) is 4.68 Å². The van der Waals surface area contributed by atoms with Gasteiger partial charge in [0.15, 0.2) is 5.82 Å². The molecule has 2 heterocycles. The van der Waals surface area contributed by atoms with Crippen molar-refractivity contribution in [3.05, 3.63) is 40.7 Å². The molecule has 3 rings (SSSR count). The SMILES string of the molecule is CCC(C)(C)n1nnnc1C(c1ccccc1Cl)N1CCN(C)CC1. The zero-order valence-electron chi connectivity index (χ0n) is 15.5. The molecule has 1 aromatic carbocycles. The Bertz CT molecular complexity index is 705. The normalized spacial score (nSPS) is 18.4. The van der Waals surface area contributed by atoms with Crippen molar-refractivity contribution in [2.24, 2.45) is 0 Å². The highest BCUT2D eigenvalue weighted by Crippen LogP contribution is 2.34. The van der Waals surface area contributed by atoms with Gasteiger partial charge in [0.25, 0.3) is 0 Å². The molecule has 1 fully saturated rings. The summed E-state index contributed by atoms with van der Waals surface area (Å²) in [5, 5.41) is 13.5. The molecule has 0 N–H and O–H groups in total. The summed E-state index contributed by atoms with van der Waals surface area (Å²) in [7, 11) is 2.16. The van der Waals surface area contributed by atoms with Gasteiger partial charge in [-0.05, 0) is 49.4 Å². The highest BCUT2D eigenvalue weighted by molar-refractivity contribution is 6.31. The van der Waals surface area contributed by atoms with Crippen molar-refractivity contribution in [3.63, 3.8) is 0 Å². The van der Waals surface area contributed by atoms with Crippen LogP contribution < -0.4 is 0 Å². The van der Waals surface area contributed by atoms with E-state index in [2.05, 4.69) is 59.2 Å². The van der Waals surface area contributed by atoms with Crippen LogP contribution in [-0.4, -0.2) is 63.2 Å². The summed E-state index contributed by atoms with van der Waals surface area (Å²) in [6.07, 6.45) is 0.947. The Morgan fingerprint density at radius 1 is 1.16 bits per heavy atom. The van der Waals surface area contributed by atoms with Gasteiger partial charge >= 0.3 is 0 Å². The third-order valence-corrected chi connectivity index (χ3v) is 5.62. The molecular weight excluding hydrogens is 336 g/mol. The van der Waals surface area contributed by atoms with Crippen LogP contribution in [0.2, 0.25) is 5.02 Å². The van der Waals surface area contributed by atoms with Gasteiger partial charge in [0, 0.05) is 31.2 Å². The van der Waals surface area contributed by atoms with Crippen LogP contribution in [0.25, 0.3) is 0 Å². The molecule has 0 amide bonds. The van der Waals surface area contributed by atoms with Gasteiger partial charge in [-0.2, -0.15) is 0 Å². The number of hydrogen-bond donors (Lipinski definition) is 0. The lowest BCUT2D eigenvalue weighted by Gasteiger charge is -2.38. The van der Waals surface area contributed by atoms with E-state index in [1.165, 1.54) is 0 Å². The van der Waals surface area contributed by atoms with Crippen LogP contribution in [0.5, 0.6) is 0 Å². The minimum atomic E-state index is -0.148. The predicted molar refractivity (Wildman–Crippen MR) is 99.8 cm³/mol. The Balaban J connectivity index is 2.07. The Hall–Kier alpha value is -1.50. The summed E-state index contributed by atoms with van der Waals surface area (Å²) in [6.45, 7) is 10.5. The number of likely N-dealkylation sites (N-methyl/N-ethyl adjacent to an activating group) is 1. The van der Waals surface area contributed by atoms with Crippen molar-refractivity contribution < 1.29 is 0 Å². The monoisotopic (exact) mass is 362 g/mol. The van der Waals surface area contributed by atoms with Crippen LogP contribution in [0, 0.1) is 0 Å². The van der Waals surface area contributed by atoms with Gasteiger partial charge in [0.05, 0.1) is 11.6 Å². The lowest BCUT2D eigenvalue weighted by molar-refractivity contribution is 0.117. The second kappa shape index (κ2) is 7.40. The van der Waals surface area contributed by atoms with Gasteiger partial charge in [0.1, 0.15) is 0 Å². The van der Waals surface area contributed by atoms with Crippen molar-refractivity contribution in [1.82, 2.24) is 30.0 Å². The molecule has 7 heteroatoms. The Labute approximate surface area is 154 Å². The predicted octanol–water partition coefficient (Wildman–Crippen LogP) is 2.81. The third-order valence-electron chi connectivity index (χ3n) is 5.28. The molecule has 0 aliphatic carbocycles. The summed E-state index contributed by atoms with van der Waals surface area (Å²) >= 11 is 6.57. The van der Waals surface area contributed by atoms with Crippen LogP contribution in [0.3, 0.4) is 0 Å². The number of tetrazole rings is 1. The topological polar surface area (TPSA) is 50.1 Å². The van der Waals surface area contributed by atoms with E-state index in [0.29, 0.717) is 0 Å². The second-order valence-corrected chi connectivity index (χ2v) is 7.79. The first-order valence-corrected chi connectivity index (χ1v) is 9.27. The van der Waals surface area contributed by atoms with Crippen molar-refractivity contribution in [1.29, 1.82) is 0 Å². The fourth-order valence-corrected chi connectivity index (χ4v) is 3.46. The summed E-state index contributed by atoms with van der Waals surface area (Å²) in [6, 6.07) is 7.99. The maximum Gasteiger partial charge on any atom is 0.173 e.